The van der Waals surface area contributed by atoms with Gasteiger partial charge in [-0.05, 0) is 0 Å². The molecule has 210 valence electrons. The molecule has 0 aromatic carbocycles. The van der Waals surface area contributed by atoms with Crippen molar-refractivity contribution < 1.29 is 143 Å². The summed E-state index contributed by atoms with van der Waals surface area (Å²) in [5, 5.41) is 81.1. The summed E-state index contributed by atoms with van der Waals surface area (Å²) in [6.07, 6.45) is -19.7. The average Bonchev–Trinajstić information content (AvgIpc) is 2.82. The number of carboxylic acid groups (broad SMARTS) is 1. The molecule has 20 heteroatoms. The quantitative estimate of drug-likeness (QED) is 0.0591. The first-order valence-corrected chi connectivity index (χ1v) is 12.0. The Morgan fingerprint density at radius 2 is 1.66 bits per heavy atom. The van der Waals surface area contributed by atoms with Gasteiger partial charge in [0.1, 0.15) is 54.8 Å². The van der Waals surface area contributed by atoms with Crippen LogP contribution in [-0.4, -0.2) is 133 Å². The minimum atomic E-state index is -5.66. The third-order valence-electron chi connectivity index (χ3n) is 5.53. The summed E-state index contributed by atoms with van der Waals surface area (Å²) in [5.41, 5.74) is 0. The topological polar surface area (TPSA) is 288 Å². The molecule has 0 aromatic rings. The molecule has 2 heterocycles. The van der Waals surface area contributed by atoms with Crippen LogP contribution in [0.2, 0.25) is 0 Å². The summed E-state index contributed by atoms with van der Waals surface area (Å²) in [4.78, 5) is 32.8. The Labute approximate surface area is 260 Å². The summed E-state index contributed by atoms with van der Waals surface area (Å²) >= 11 is 0. The number of carbonyl (C=O) groups excluding carboxylic acids is 1. The minimum Gasteiger partial charge on any atom is -0.756 e. The number of hydrogen-bond donors (Lipinski definition) is 8. The van der Waals surface area contributed by atoms with E-state index in [2.05, 4.69) is 11.1 Å². The maximum absolute atomic E-state index is 12.0. The zero-order valence-corrected chi connectivity index (χ0v) is 25.5. The second kappa shape index (κ2) is 16.5. The first-order chi connectivity index (χ1) is 16.7. The molecule has 0 amide bonds. The Morgan fingerprint density at radius 1 is 1.11 bits per heavy atom. The standard InChI is InChI=1S/C18H31O17P.2Na/c1-2-3-31-18(17(26)27)4-9(15(35-36(28,29)30)14(34-18)8(22)6-20)32-16-12(25)10(23)11(24)13(33-16)7(21)5-19;;/h2,7-16,19-25H,1,3-6H2,(H,26,27)(H2,28,29,30);;/q;2*+1/p-2/t7-,8+,9+,10-,11-,12-,13+,14+,15+,16-,18+;;/m0../s1. The molecule has 2 aliphatic heterocycles. The van der Waals surface area contributed by atoms with Gasteiger partial charge in [0, 0.05) is 6.42 Å². The zero-order valence-electron chi connectivity index (χ0n) is 20.6. The molecule has 2 aliphatic rings. The summed E-state index contributed by atoms with van der Waals surface area (Å²) in [6.45, 7) is 0.771. The molecule has 0 radical (unpaired) electrons. The number of phosphoric acid groups is 1. The number of carboxylic acids is 1. The first-order valence-electron chi connectivity index (χ1n) is 10.5. The number of hydrogen-bond acceptors (Lipinski definition) is 16. The third-order valence-corrected chi connectivity index (χ3v) is 6.04. The van der Waals surface area contributed by atoms with Crippen LogP contribution < -0.4 is 69.1 Å². The monoisotopic (exact) mass is 594 g/mol. The van der Waals surface area contributed by atoms with Crippen LogP contribution in [0.3, 0.4) is 0 Å². The van der Waals surface area contributed by atoms with Crippen LogP contribution in [-0.2, 0) is 32.8 Å². The molecule has 0 spiro atoms. The summed E-state index contributed by atoms with van der Waals surface area (Å²) in [7, 11) is -5.66. The van der Waals surface area contributed by atoms with E-state index in [9.17, 15) is 54.9 Å². The van der Waals surface area contributed by atoms with E-state index in [1.807, 2.05) is 0 Å². The molecule has 2 rings (SSSR count). The fourth-order valence-corrected chi connectivity index (χ4v) is 4.36. The fraction of sp³-hybridized carbons (Fsp3) is 0.833. The number of phosphoric ester groups is 1. The van der Waals surface area contributed by atoms with Gasteiger partial charge in [0.15, 0.2) is 6.29 Å². The van der Waals surface area contributed by atoms with Crippen molar-refractivity contribution in [2.45, 2.75) is 73.4 Å². The van der Waals surface area contributed by atoms with Crippen molar-refractivity contribution in [3.05, 3.63) is 12.7 Å². The number of carbonyl (C=O) groups is 1. The molecule has 8 N–H and O–H groups in total. The molecule has 0 saturated carbocycles. The first kappa shape index (κ1) is 38.9. The van der Waals surface area contributed by atoms with Crippen LogP contribution in [0.4, 0.5) is 0 Å². The smallest absolute Gasteiger partial charge is 0.756 e. The van der Waals surface area contributed by atoms with Gasteiger partial charge in [-0.3, -0.25) is 4.57 Å². The van der Waals surface area contributed by atoms with Crippen molar-refractivity contribution in [3.8, 4) is 0 Å². The number of ether oxygens (including phenoxy) is 4. The number of rotatable bonds is 12. The summed E-state index contributed by atoms with van der Waals surface area (Å²) in [6, 6.07) is 0. The van der Waals surface area contributed by atoms with E-state index in [4.69, 9.17) is 24.1 Å². The number of aliphatic carboxylic acids is 1. The zero-order chi connectivity index (χ0) is 27.4. The van der Waals surface area contributed by atoms with E-state index in [0.29, 0.717) is 0 Å². The van der Waals surface area contributed by atoms with E-state index >= 15 is 0 Å². The molecule has 1 unspecified atom stereocenters. The molecule has 2 saturated heterocycles. The SMILES string of the molecule is C=CCO[C@]1(C(=O)[O-])C[C@@H](O[C@H]2O[C@H]([C@@H](O)CO)[C@@H](O)[C@H](O)[C@@H]2O)[C@@H](OP(=O)([O-])O)[C@@H]([C@H](O)CO)O1.[Na+].[Na+]. The van der Waals surface area contributed by atoms with Crippen LogP contribution in [0.5, 0.6) is 0 Å². The molecule has 17 nitrogen and oxygen atoms in total. The second-order valence-electron chi connectivity index (χ2n) is 8.08. The van der Waals surface area contributed by atoms with Crippen molar-refractivity contribution in [3.63, 3.8) is 0 Å². The maximum Gasteiger partial charge on any atom is 1.00 e. The van der Waals surface area contributed by atoms with Crippen molar-refractivity contribution in [2.75, 3.05) is 19.8 Å². The average molecular weight is 594 g/mol. The van der Waals surface area contributed by atoms with Crippen molar-refractivity contribution in [2.24, 2.45) is 0 Å². The molecule has 0 aliphatic carbocycles. The van der Waals surface area contributed by atoms with Crippen molar-refractivity contribution >= 4 is 13.8 Å². The Kier molecular flexibility index (Phi) is 16.9. The Hall–Kier alpha value is 0.880. The van der Waals surface area contributed by atoms with Gasteiger partial charge in [0.2, 0.25) is 5.79 Å². The molecule has 2 fully saturated rings. The Balaban J connectivity index is 0.00000684. The van der Waals surface area contributed by atoms with Gasteiger partial charge in [0.05, 0.1) is 25.9 Å². The molecular formula is C18H29Na2O17P. The van der Waals surface area contributed by atoms with Gasteiger partial charge in [-0.25, -0.2) is 0 Å². The maximum atomic E-state index is 12.0. The second-order valence-corrected chi connectivity index (χ2v) is 9.23. The Morgan fingerprint density at radius 3 is 2.13 bits per heavy atom. The third kappa shape index (κ3) is 9.45. The largest absolute Gasteiger partial charge is 1.00 e. The van der Waals surface area contributed by atoms with Crippen molar-refractivity contribution in [1.82, 2.24) is 0 Å². The van der Waals surface area contributed by atoms with Gasteiger partial charge in [-0.15, -0.1) is 6.58 Å². The predicted molar refractivity (Wildman–Crippen MR) is 106 cm³/mol. The molecule has 38 heavy (non-hydrogen) atoms. The van der Waals surface area contributed by atoms with E-state index in [1.165, 1.54) is 0 Å². The van der Waals surface area contributed by atoms with Crippen LogP contribution in [0.15, 0.2) is 12.7 Å². The summed E-state index contributed by atoms with van der Waals surface area (Å²) in [5.74, 6) is -4.83. The van der Waals surface area contributed by atoms with E-state index in [-0.39, 0.29) is 59.1 Å². The van der Waals surface area contributed by atoms with Gasteiger partial charge >= 0.3 is 59.1 Å². The molecule has 0 bridgehead atoms. The van der Waals surface area contributed by atoms with E-state index < -0.39 is 107 Å². The minimum absolute atomic E-state index is 0. The Bertz CT molecular complexity index is 803. The van der Waals surface area contributed by atoms with Crippen LogP contribution in [0, 0.1) is 0 Å². The number of aliphatic hydroxyl groups excluding tert-OH is 7. The van der Waals surface area contributed by atoms with Gasteiger partial charge in [-0.2, -0.15) is 0 Å². The molecule has 12 atom stereocenters. The van der Waals surface area contributed by atoms with E-state index in [0.717, 1.165) is 6.08 Å². The van der Waals surface area contributed by atoms with Crippen molar-refractivity contribution in [1.29, 1.82) is 0 Å². The van der Waals surface area contributed by atoms with Gasteiger partial charge < -0.3 is 78.9 Å². The number of aliphatic hydroxyl groups is 7. The van der Waals surface area contributed by atoms with Crippen LogP contribution in [0.25, 0.3) is 0 Å². The summed E-state index contributed by atoms with van der Waals surface area (Å²) < 4.78 is 37.1. The van der Waals surface area contributed by atoms with Gasteiger partial charge in [0.25, 0.3) is 7.82 Å². The van der Waals surface area contributed by atoms with E-state index in [1.54, 1.807) is 0 Å². The normalized spacial score (nSPS) is 38.6. The molecule has 0 aromatic heterocycles. The molecular weight excluding hydrogens is 565 g/mol. The van der Waals surface area contributed by atoms with Gasteiger partial charge in [-0.1, -0.05) is 6.08 Å². The van der Waals surface area contributed by atoms with Crippen LogP contribution >= 0.6 is 7.82 Å². The van der Waals surface area contributed by atoms with Crippen LogP contribution in [0.1, 0.15) is 6.42 Å². The fourth-order valence-electron chi connectivity index (χ4n) is 3.79. The predicted octanol–water partition coefficient (Wildman–Crippen LogP) is -12.8.